The lowest BCUT2D eigenvalue weighted by molar-refractivity contribution is 0.111. The lowest BCUT2D eigenvalue weighted by Gasteiger charge is -1.97. The predicted octanol–water partition coefficient (Wildman–Crippen LogP) is 2.15. The molecule has 0 saturated heterocycles. The molecule has 3 heteroatoms. The monoisotopic (exact) mass is 169 g/mol. The van der Waals surface area contributed by atoms with Gasteiger partial charge in [-0.15, -0.1) is 11.3 Å². The summed E-state index contributed by atoms with van der Waals surface area (Å²) in [6, 6.07) is 0. The smallest absolute Gasteiger partial charge is 0.169 e. The topological polar surface area (TPSA) is 30.0 Å². The minimum absolute atomic E-state index is 0.561. The van der Waals surface area contributed by atoms with Crippen LogP contribution in [-0.4, -0.2) is 11.3 Å². The molecule has 0 aromatic carbocycles. The van der Waals surface area contributed by atoms with Crippen molar-refractivity contribution < 1.29 is 4.79 Å². The summed E-state index contributed by atoms with van der Waals surface area (Å²) in [5, 5.41) is 2.85. The van der Waals surface area contributed by atoms with Crippen molar-refractivity contribution in [3.05, 3.63) is 16.1 Å². The minimum atomic E-state index is 0.561. The summed E-state index contributed by atoms with van der Waals surface area (Å²) in [6.07, 6.45) is 1.76. The van der Waals surface area contributed by atoms with Crippen LogP contribution in [0.5, 0.6) is 0 Å². The van der Waals surface area contributed by atoms with Gasteiger partial charge in [-0.25, -0.2) is 4.98 Å². The molecule has 0 aliphatic rings. The summed E-state index contributed by atoms with van der Waals surface area (Å²) in [6.45, 7) is 4.28. The molecule has 0 bridgehead atoms. The van der Waals surface area contributed by atoms with E-state index in [4.69, 9.17) is 0 Å². The Balaban J connectivity index is 2.65. The lowest BCUT2D eigenvalue weighted by atomic mass is 10.1. The van der Waals surface area contributed by atoms with Crippen LogP contribution in [0.25, 0.3) is 0 Å². The Bertz CT molecular complexity index is 242. The first-order valence-corrected chi connectivity index (χ1v) is 4.50. The van der Waals surface area contributed by atoms with Crippen LogP contribution in [-0.2, 0) is 6.42 Å². The van der Waals surface area contributed by atoms with Crippen LogP contribution in [0.2, 0.25) is 0 Å². The maximum absolute atomic E-state index is 10.2. The zero-order valence-corrected chi connectivity index (χ0v) is 7.52. The third-order valence-electron chi connectivity index (χ3n) is 1.27. The Morgan fingerprint density at radius 2 is 2.45 bits per heavy atom. The number of hydrogen-bond donors (Lipinski definition) is 0. The quantitative estimate of drug-likeness (QED) is 0.649. The maximum atomic E-state index is 10.2. The zero-order chi connectivity index (χ0) is 8.27. The molecule has 0 spiro atoms. The number of hydrogen-bond acceptors (Lipinski definition) is 3. The van der Waals surface area contributed by atoms with E-state index in [2.05, 4.69) is 18.8 Å². The van der Waals surface area contributed by atoms with Gasteiger partial charge in [0.05, 0.1) is 5.01 Å². The number of thiazole rings is 1. The summed E-state index contributed by atoms with van der Waals surface area (Å²) in [5.74, 6) is 0.612. The molecule has 0 fully saturated rings. The molecule has 2 nitrogen and oxygen atoms in total. The van der Waals surface area contributed by atoms with Gasteiger partial charge in [-0.05, 0) is 5.92 Å². The van der Waals surface area contributed by atoms with Crippen LogP contribution in [0.1, 0.15) is 29.3 Å². The van der Waals surface area contributed by atoms with Gasteiger partial charge < -0.3 is 0 Å². The second kappa shape index (κ2) is 3.62. The second-order valence-electron chi connectivity index (χ2n) is 2.88. The van der Waals surface area contributed by atoms with E-state index in [9.17, 15) is 4.79 Å². The van der Waals surface area contributed by atoms with E-state index >= 15 is 0 Å². The van der Waals surface area contributed by atoms with Crippen molar-refractivity contribution in [1.82, 2.24) is 4.98 Å². The summed E-state index contributed by atoms with van der Waals surface area (Å²) in [5.41, 5.74) is 0.561. The maximum Gasteiger partial charge on any atom is 0.169 e. The van der Waals surface area contributed by atoms with Crippen LogP contribution >= 0.6 is 11.3 Å². The van der Waals surface area contributed by atoms with Gasteiger partial charge in [-0.3, -0.25) is 4.79 Å². The van der Waals surface area contributed by atoms with Gasteiger partial charge in [-0.2, -0.15) is 0 Å². The Labute approximate surface area is 70.3 Å². The third kappa shape index (κ3) is 2.42. The summed E-state index contributed by atoms with van der Waals surface area (Å²) in [7, 11) is 0. The lowest BCUT2D eigenvalue weighted by Crippen LogP contribution is -1.93. The largest absolute Gasteiger partial charge is 0.296 e. The summed E-state index contributed by atoms with van der Waals surface area (Å²) >= 11 is 1.56. The molecule has 0 aliphatic carbocycles. The highest BCUT2D eigenvalue weighted by atomic mass is 32.1. The molecular weight excluding hydrogens is 158 g/mol. The highest BCUT2D eigenvalue weighted by Gasteiger charge is 2.02. The van der Waals surface area contributed by atoms with Gasteiger partial charge in [0.15, 0.2) is 6.29 Å². The first-order valence-electron chi connectivity index (χ1n) is 3.62. The van der Waals surface area contributed by atoms with Gasteiger partial charge in [0, 0.05) is 11.8 Å². The highest BCUT2D eigenvalue weighted by molar-refractivity contribution is 7.09. The molecular formula is C8H11NOS. The summed E-state index contributed by atoms with van der Waals surface area (Å²) < 4.78 is 0. The zero-order valence-electron chi connectivity index (χ0n) is 6.70. The SMILES string of the molecule is CC(C)Cc1nc(C=O)cs1. The average molecular weight is 169 g/mol. The molecule has 0 N–H and O–H groups in total. The third-order valence-corrected chi connectivity index (χ3v) is 2.16. The van der Waals surface area contributed by atoms with Crippen LogP contribution < -0.4 is 0 Å². The first kappa shape index (κ1) is 8.40. The average Bonchev–Trinajstić information content (AvgIpc) is 2.34. The van der Waals surface area contributed by atoms with E-state index in [-0.39, 0.29) is 0 Å². The van der Waals surface area contributed by atoms with Crippen molar-refractivity contribution in [3.63, 3.8) is 0 Å². The second-order valence-corrected chi connectivity index (χ2v) is 3.82. The van der Waals surface area contributed by atoms with Crippen molar-refractivity contribution in [3.8, 4) is 0 Å². The fourth-order valence-corrected chi connectivity index (χ4v) is 1.77. The number of carbonyl (C=O) groups excluding carboxylic acids is 1. The van der Waals surface area contributed by atoms with Crippen LogP contribution in [0.3, 0.4) is 0 Å². The van der Waals surface area contributed by atoms with Gasteiger partial charge in [-0.1, -0.05) is 13.8 Å². The van der Waals surface area contributed by atoms with E-state index in [0.717, 1.165) is 17.7 Å². The molecule has 0 atom stereocenters. The van der Waals surface area contributed by atoms with E-state index < -0.39 is 0 Å². The molecule has 1 heterocycles. The predicted molar refractivity (Wildman–Crippen MR) is 46.0 cm³/mol. The Hall–Kier alpha value is -0.700. The van der Waals surface area contributed by atoms with E-state index in [1.165, 1.54) is 0 Å². The van der Waals surface area contributed by atoms with Gasteiger partial charge in [0.1, 0.15) is 5.69 Å². The molecule has 0 saturated carbocycles. The number of rotatable bonds is 3. The molecule has 0 amide bonds. The van der Waals surface area contributed by atoms with Gasteiger partial charge >= 0.3 is 0 Å². The molecule has 0 aliphatic heterocycles. The molecule has 0 unspecified atom stereocenters. The number of nitrogens with zero attached hydrogens (tertiary/aromatic N) is 1. The van der Waals surface area contributed by atoms with Crippen LogP contribution in [0.15, 0.2) is 5.38 Å². The molecule has 1 aromatic heterocycles. The van der Waals surface area contributed by atoms with Crippen molar-refractivity contribution in [1.29, 1.82) is 0 Å². The molecule has 0 radical (unpaired) electrons. The number of carbonyl (C=O) groups is 1. The molecule has 1 rings (SSSR count). The fraction of sp³-hybridized carbons (Fsp3) is 0.500. The van der Waals surface area contributed by atoms with Gasteiger partial charge in [0.2, 0.25) is 0 Å². The van der Waals surface area contributed by atoms with Crippen molar-refractivity contribution in [2.45, 2.75) is 20.3 Å². The molecule has 60 valence electrons. The summed E-state index contributed by atoms with van der Waals surface area (Å²) in [4.78, 5) is 14.4. The number of aldehydes is 1. The normalized spacial score (nSPS) is 10.5. The molecule has 11 heavy (non-hydrogen) atoms. The molecule has 1 aromatic rings. The highest BCUT2D eigenvalue weighted by Crippen LogP contribution is 2.12. The van der Waals surface area contributed by atoms with Crippen molar-refractivity contribution in [2.24, 2.45) is 5.92 Å². The van der Waals surface area contributed by atoms with Crippen LogP contribution in [0, 0.1) is 5.92 Å². The fourth-order valence-electron chi connectivity index (χ4n) is 0.822. The minimum Gasteiger partial charge on any atom is -0.296 e. The Kier molecular flexibility index (Phi) is 2.76. The standard InChI is InChI=1S/C8H11NOS/c1-6(2)3-8-9-7(4-10)5-11-8/h4-6H,3H2,1-2H3. The van der Waals surface area contributed by atoms with Crippen LogP contribution in [0.4, 0.5) is 0 Å². The Morgan fingerprint density at radius 1 is 1.73 bits per heavy atom. The van der Waals surface area contributed by atoms with Crippen molar-refractivity contribution in [2.75, 3.05) is 0 Å². The van der Waals surface area contributed by atoms with Crippen molar-refractivity contribution >= 4 is 17.6 Å². The number of aromatic nitrogens is 1. The van der Waals surface area contributed by atoms with E-state index in [1.54, 1.807) is 16.7 Å². The van der Waals surface area contributed by atoms with E-state index in [1.807, 2.05) is 0 Å². The van der Waals surface area contributed by atoms with E-state index in [0.29, 0.717) is 11.6 Å². The Morgan fingerprint density at radius 3 is 2.91 bits per heavy atom. The van der Waals surface area contributed by atoms with Gasteiger partial charge in [0.25, 0.3) is 0 Å². The first-order chi connectivity index (χ1) is 5.22.